The van der Waals surface area contributed by atoms with Crippen LogP contribution >= 0.6 is 0 Å². The van der Waals surface area contributed by atoms with E-state index in [1.165, 1.54) is 85.2 Å². The second kappa shape index (κ2) is 11.0. The average molecular weight is 642 g/mol. The Hall–Kier alpha value is -4.50. The third-order valence-corrected chi connectivity index (χ3v) is 11.6. The van der Waals surface area contributed by atoms with Crippen molar-refractivity contribution in [1.82, 2.24) is 0 Å². The average Bonchev–Trinajstić information content (AvgIpc) is 3.40. The molecule has 5 aromatic carbocycles. The molecule has 2 nitrogen and oxygen atoms in total. The molecule has 0 radical (unpaired) electrons. The van der Waals surface area contributed by atoms with Crippen LogP contribution in [-0.4, -0.2) is 6.71 Å². The molecule has 6 aromatic rings. The highest BCUT2D eigenvalue weighted by molar-refractivity contribution is 6.97. The molecular formula is C46H48BNO. The zero-order chi connectivity index (χ0) is 34.5. The standard InChI is InChI=1S/C46H48BNO/c1-29-19-21-37-40(25-29)48(39-18-14-13-17-33(39)31-15-11-10-12-16-31)41-28-36-35(45(6,7)23-24-46(36,8)9)27-38(41)47(37)43-30(2)34-26-32(44(3,4)5)20-22-42(34)49-43/h10-22,25-28H,23-24H2,1-9H3. The van der Waals surface area contributed by atoms with Crippen molar-refractivity contribution in [2.45, 2.75) is 91.4 Å². The number of para-hydroxylation sites is 1. The van der Waals surface area contributed by atoms with E-state index < -0.39 is 0 Å². The van der Waals surface area contributed by atoms with Gasteiger partial charge in [-0.3, -0.25) is 0 Å². The van der Waals surface area contributed by atoms with Crippen LogP contribution in [-0.2, 0) is 16.2 Å². The molecule has 0 saturated heterocycles. The zero-order valence-electron chi connectivity index (χ0n) is 30.7. The van der Waals surface area contributed by atoms with E-state index in [0.29, 0.717) is 0 Å². The molecule has 0 fully saturated rings. The molecule has 1 aromatic heterocycles. The normalized spacial score (nSPS) is 16.3. The maximum absolute atomic E-state index is 7.00. The van der Waals surface area contributed by atoms with Gasteiger partial charge >= 0.3 is 0 Å². The number of rotatable bonds is 3. The van der Waals surface area contributed by atoms with Gasteiger partial charge in [0.05, 0.1) is 11.3 Å². The van der Waals surface area contributed by atoms with E-state index in [2.05, 4.69) is 170 Å². The summed E-state index contributed by atoms with van der Waals surface area (Å²) >= 11 is 0. The van der Waals surface area contributed by atoms with E-state index in [4.69, 9.17) is 4.42 Å². The second-order valence-electron chi connectivity index (χ2n) is 17.0. The number of anilines is 3. The van der Waals surface area contributed by atoms with Gasteiger partial charge in [-0.05, 0) is 118 Å². The van der Waals surface area contributed by atoms with Gasteiger partial charge in [-0.2, -0.15) is 0 Å². The molecule has 0 unspecified atom stereocenters. The summed E-state index contributed by atoms with van der Waals surface area (Å²) in [5.41, 5.74) is 17.7. The van der Waals surface area contributed by atoms with Crippen LogP contribution in [0.25, 0.3) is 22.1 Å². The Morgan fingerprint density at radius 2 is 1.31 bits per heavy atom. The molecular weight excluding hydrogens is 593 g/mol. The Bertz CT molecular complexity index is 2250. The molecule has 2 heterocycles. The number of aryl methyl sites for hydroxylation is 2. The van der Waals surface area contributed by atoms with Gasteiger partial charge in [0.15, 0.2) is 0 Å². The van der Waals surface area contributed by atoms with Crippen LogP contribution in [0.2, 0.25) is 0 Å². The quantitative estimate of drug-likeness (QED) is 0.179. The number of nitrogens with zero attached hydrogens (tertiary/aromatic N) is 1. The highest BCUT2D eigenvalue weighted by Gasteiger charge is 2.44. The van der Waals surface area contributed by atoms with Crippen molar-refractivity contribution in [3.63, 3.8) is 0 Å². The van der Waals surface area contributed by atoms with Crippen molar-refractivity contribution in [3.8, 4) is 11.1 Å². The smallest absolute Gasteiger partial charge is 0.292 e. The molecule has 1 aliphatic heterocycles. The van der Waals surface area contributed by atoms with Gasteiger partial charge in [0.25, 0.3) is 6.71 Å². The molecule has 246 valence electrons. The monoisotopic (exact) mass is 641 g/mol. The fourth-order valence-electron chi connectivity index (χ4n) is 8.49. The first-order valence-electron chi connectivity index (χ1n) is 18.0. The summed E-state index contributed by atoms with van der Waals surface area (Å²) in [6.07, 6.45) is 2.34. The maximum Gasteiger partial charge on any atom is 0.292 e. The Kier molecular flexibility index (Phi) is 7.13. The second-order valence-corrected chi connectivity index (χ2v) is 17.0. The lowest BCUT2D eigenvalue weighted by Crippen LogP contribution is -2.58. The van der Waals surface area contributed by atoms with Crippen LogP contribution in [0.3, 0.4) is 0 Å². The Morgan fingerprint density at radius 3 is 2.02 bits per heavy atom. The molecule has 0 amide bonds. The van der Waals surface area contributed by atoms with Gasteiger partial charge in [0, 0.05) is 22.3 Å². The topological polar surface area (TPSA) is 16.4 Å². The van der Waals surface area contributed by atoms with Crippen molar-refractivity contribution < 1.29 is 4.42 Å². The fraction of sp³-hybridized carbons (Fsp3) is 0.304. The Morgan fingerprint density at radius 1 is 0.653 bits per heavy atom. The van der Waals surface area contributed by atoms with Crippen molar-refractivity contribution in [3.05, 3.63) is 131 Å². The summed E-state index contributed by atoms with van der Waals surface area (Å²) in [5, 5.41) is 1.22. The first kappa shape index (κ1) is 31.8. The number of benzene rings is 5. The van der Waals surface area contributed by atoms with Crippen molar-refractivity contribution >= 4 is 51.3 Å². The first-order valence-corrected chi connectivity index (χ1v) is 18.0. The molecule has 0 bridgehead atoms. The summed E-state index contributed by atoms with van der Waals surface area (Å²) in [6.45, 7) is 21.0. The van der Waals surface area contributed by atoms with E-state index >= 15 is 0 Å². The van der Waals surface area contributed by atoms with Crippen LogP contribution in [0.1, 0.15) is 89.1 Å². The number of hydrogen-bond acceptors (Lipinski definition) is 2. The van der Waals surface area contributed by atoms with Gasteiger partial charge in [0.1, 0.15) is 5.58 Å². The van der Waals surface area contributed by atoms with Crippen LogP contribution in [0.4, 0.5) is 17.1 Å². The lowest BCUT2D eigenvalue weighted by molar-refractivity contribution is 0.332. The molecule has 0 N–H and O–H groups in total. The molecule has 3 heteroatoms. The number of fused-ring (bicyclic) bond motifs is 4. The van der Waals surface area contributed by atoms with E-state index in [1.54, 1.807) is 0 Å². The minimum Gasteiger partial charge on any atom is -0.470 e. The SMILES string of the molecule is Cc1ccc2c(c1)N(c1ccccc1-c1ccccc1)c1cc3c(cc1B2c1oc2ccc(C(C)(C)C)cc2c1C)C(C)(C)CCC3(C)C. The van der Waals surface area contributed by atoms with E-state index in [1.807, 2.05) is 0 Å². The Labute approximate surface area is 293 Å². The number of furan rings is 1. The van der Waals surface area contributed by atoms with Gasteiger partial charge in [-0.25, -0.2) is 0 Å². The highest BCUT2D eigenvalue weighted by Crippen LogP contribution is 2.49. The summed E-state index contributed by atoms with van der Waals surface area (Å²) in [6, 6.07) is 38.7. The summed E-state index contributed by atoms with van der Waals surface area (Å²) in [7, 11) is 0. The van der Waals surface area contributed by atoms with Crippen molar-refractivity contribution in [2.75, 3.05) is 4.90 Å². The van der Waals surface area contributed by atoms with Gasteiger partial charge in [-0.15, -0.1) is 0 Å². The zero-order valence-corrected chi connectivity index (χ0v) is 30.7. The predicted molar refractivity (Wildman–Crippen MR) is 211 cm³/mol. The van der Waals surface area contributed by atoms with Gasteiger partial charge in [0.2, 0.25) is 0 Å². The van der Waals surface area contributed by atoms with Crippen LogP contribution in [0.5, 0.6) is 0 Å². The van der Waals surface area contributed by atoms with E-state index in [0.717, 1.165) is 11.2 Å². The van der Waals surface area contributed by atoms with Crippen LogP contribution in [0, 0.1) is 13.8 Å². The minimum absolute atomic E-state index is 0.0395. The fourth-order valence-corrected chi connectivity index (χ4v) is 8.49. The predicted octanol–water partition coefficient (Wildman–Crippen LogP) is 10.7. The summed E-state index contributed by atoms with van der Waals surface area (Å²) < 4.78 is 7.00. The molecule has 2 aliphatic rings. The molecule has 49 heavy (non-hydrogen) atoms. The molecule has 8 rings (SSSR count). The molecule has 0 saturated carbocycles. The maximum atomic E-state index is 7.00. The number of hydrogen-bond donors (Lipinski definition) is 0. The first-order chi connectivity index (χ1) is 23.2. The molecule has 0 atom stereocenters. The van der Waals surface area contributed by atoms with Crippen LogP contribution in [0.15, 0.2) is 108 Å². The van der Waals surface area contributed by atoms with Gasteiger partial charge in [-0.1, -0.05) is 121 Å². The highest BCUT2D eigenvalue weighted by atomic mass is 16.3. The Balaban J connectivity index is 1.47. The molecule has 1 aliphatic carbocycles. The summed E-state index contributed by atoms with van der Waals surface area (Å²) in [4.78, 5) is 2.56. The third kappa shape index (κ3) is 5.08. The third-order valence-electron chi connectivity index (χ3n) is 11.6. The largest absolute Gasteiger partial charge is 0.470 e. The van der Waals surface area contributed by atoms with E-state index in [9.17, 15) is 0 Å². The molecule has 0 spiro atoms. The summed E-state index contributed by atoms with van der Waals surface area (Å²) in [5.74, 6) is 0. The van der Waals surface area contributed by atoms with Crippen LogP contribution < -0.4 is 21.5 Å². The van der Waals surface area contributed by atoms with Crippen molar-refractivity contribution in [2.24, 2.45) is 0 Å². The van der Waals surface area contributed by atoms with Gasteiger partial charge < -0.3 is 9.32 Å². The lowest BCUT2D eigenvalue weighted by atomic mass is 9.36. The lowest BCUT2D eigenvalue weighted by Gasteiger charge is -2.45. The van der Waals surface area contributed by atoms with E-state index in [-0.39, 0.29) is 23.0 Å². The minimum atomic E-state index is -0.0395. The van der Waals surface area contributed by atoms with Crippen molar-refractivity contribution in [1.29, 1.82) is 0 Å².